The number of carbonyl (C=O) groups excluding carboxylic acids is 1. The molecule has 0 unspecified atom stereocenters. The van der Waals surface area contributed by atoms with Crippen molar-refractivity contribution < 1.29 is 4.79 Å². The van der Waals surface area contributed by atoms with E-state index in [4.69, 9.17) is 11.5 Å². The first kappa shape index (κ1) is 9.96. The lowest BCUT2D eigenvalue weighted by Gasteiger charge is -2.05. The van der Waals surface area contributed by atoms with Crippen molar-refractivity contribution in [1.29, 1.82) is 0 Å². The van der Waals surface area contributed by atoms with Crippen molar-refractivity contribution in [3.63, 3.8) is 0 Å². The zero-order valence-electron chi connectivity index (χ0n) is 8.95. The first-order valence-corrected chi connectivity index (χ1v) is 6.47. The molecule has 2 saturated carbocycles. The number of nitrogens with one attached hydrogen (secondary N) is 1. The quantitative estimate of drug-likeness (QED) is 0.748. The predicted molar refractivity (Wildman–Crippen MR) is 65.9 cm³/mol. The first-order chi connectivity index (χ1) is 7.66. The van der Waals surface area contributed by atoms with Gasteiger partial charge in [-0.1, -0.05) is 0 Å². The summed E-state index contributed by atoms with van der Waals surface area (Å²) in [6.07, 6.45) is 4.79. The Morgan fingerprint density at radius 1 is 1.31 bits per heavy atom. The summed E-state index contributed by atoms with van der Waals surface area (Å²) in [6.45, 7) is 0. The summed E-state index contributed by atoms with van der Waals surface area (Å²) in [5.41, 5.74) is 13.1. The summed E-state index contributed by atoms with van der Waals surface area (Å²) in [4.78, 5) is 11.8. The zero-order chi connectivity index (χ0) is 11.3. The van der Waals surface area contributed by atoms with E-state index >= 15 is 0 Å². The highest BCUT2D eigenvalue weighted by atomic mass is 32.1. The van der Waals surface area contributed by atoms with Crippen molar-refractivity contribution in [2.75, 3.05) is 11.1 Å². The Labute approximate surface area is 98.0 Å². The minimum atomic E-state index is -0.409. The van der Waals surface area contributed by atoms with Crippen LogP contribution in [0.15, 0.2) is 0 Å². The molecule has 0 atom stereocenters. The molecule has 3 rings (SSSR count). The maximum atomic E-state index is 11.3. The van der Waals surface area contributed by atoms with Crippen molar-refractivity contribution >= 4 is 27.9 Å². The van der Waals surface area contributed by atoms with Gasteiger partial charge in [0.15, 0.2) is 0 Å². The fraction of sp³-hybridized carbons (Fsp3) is 0.545. The molecule has 16 heavy (non-hydrogen) atoms. The van der Waals surface area contributed by atoms with E-state index in [1.54, 1.807) is 0 Å². The van der Waals surface area contributed by atoms with E-state index < -0.39 is 5.91 Å². The number of primary amides is 1. The van der Waals surface area contributed by atoms with Crippen LogP contribution in [0.25, 0.3) is 0 Å². The third-order valence-electron chi connectivity index (χ3n) is 3.11. The minimum absolute atomic E-state index is 0.409. The second kappa shape index (κ2) is 3.38. The summed E-state index contributed by atoms with van der Waals surface area (Å²) < 4.78 is 0. The van der Waals surface area contributed by atoms with E-state index in [2.05, 4.69) is 5.32 Å². The lowest BCUT2D eigenvalue weighted by Crippen LogP contribution is -2.11. The molecular weight excluding hydrogens is 222 g/mol. The normalized spacial score (nSPS) is 19.8. The van der Waals surface area contributed by atoms with E-state index in [1.165, 1.54) is 37.0 Å². The molecule has 2 aliphatic rings. The van der Waals surface area contributed by atoms with Crippen LogP contribution in [0.2, 0.25) is 0 Å². The Hall–Kier alpha value is -1.23. The van der Waals surface area contributed by atoms with E-state index in [1.807, 2.05) is 0 Å². The number of thiophene rings is 1. The average molecular weight is 237 g/mol. The Morgan fingerprint density at radius 3 is 2.50 bits per heavy atom. The van der Waals surface area contributed by atoms with Crippen LogP contribution in [0.3, 0.4) is 0 Å². The molecule has 5 heteroatoms. The number of nitrogens with two attached hydrogens (primary N) is 2. The van der Waals surface area contributed by atoms with Crippen LogP contribution >= 0.6 is 11.3 Å². The van der Waals surface area contributed by atoms with Gasteiger partial charge in [-0.2, -0.15) is 0 Å². The highest BCUT2D eigenvalue weighted by Crippen LogP contribution is 2.51. The van der Waals surface area contributed by atoms with Gasteiger partial charge in [0.25, 0.3) is 5.91 Å². The van der Waals surface area contributed by atoms with Gasteiger partial charge in [0, 0.05) is 11.6 Å². The molecule has 0 aromatic carbocycles. The van der Waals surface area contributed by atoms with Crippen LogP contribution < -0.4 is 16.8 Å². The van der Waals surface area contributed by atoms with Crippen molar-refractivity contribution in [1.82, 2.24) is 0 Å². The van der Waals surface area contributed by atoms with Crippen LogP contribution in [-0.4, -0.2) is 11.9 Å². The lowest BCUT2D eigenvalue weighted by molar-refractivity contribution is 0.100. The molecule has 0 spiro atoms. The minimum Gasteiger partial charge on any atom is -0.397 e. The molecule has 86 valence electrons. The summed E-state index contributed by atoms with van der Waals surface area (Å²) in [5.74, 6) is 0.138. The van der Waals surface area contributed by atoms with E-state index in [9.17, 15) is 4.79 Å². The first-order valence-electron chi connectivity index (χ1n) is 5.65. The number of nitrogen functional groups attached to an aromatic ring is 1. The molecule has 0 bridgehead atoms. The van der Waals surface area contributed by atoms with Gasteiger partial charge < -0.3 is 16.8 Å². The molecule has 1 aromatic heterocycles. The number of rotatable bonds is 4. The third-order valence-corrected chi connectivity index (χ3v) is 4.27. The molecule has 0 aliphatic heterocycles. The fourth-order valence-corrected chi connectivity index (χ4v) is 3.07. The Bertz CT molecular complexity index is 446. The number of hydrogen-bond donors (Lipinski definition) is 3. The van der Waals surface area contributed by atoms with Crippen LogP contribution in [0.4, 0.5) is 10.7 Å². The van der Waals surface area contributed by atoms with Crippen molar-refractivity contribution in [3.8, 4) is 0 Å². The maximum Gasteiger partial charge on any atom is 0.260 e. The average Bonchev–Trinajstić information content (AvgIpc) is 3.08. The van der Waals surface area contributed by atoms with E-state index in [0.29, 0.717) is 22.5 Å². The predicted octanol–water partition coefficient (Wildman–Crippen LogP) is 1.88. The zero-order valence-corrected chi connectivity index (χ0v) is 9.77. The summed E-state index contributed by atoms with van der Waals surface area (Å²) in [5, 5.41) is 4.53. The summed E-state index contributed by atoms with van der Waals surface area (Å²) in [6, 6.07) is 0.580. The SMILES string of the molecule is NC(=O)c1sc(NC2CC2)c(C2CC2)c1N. The monoisotopic (exact) mass is 237 g/mol. The van der Waals surface area contributed by atoms with Gasteiger partial charge in [0.1, 0.15) is 4.88 Å². The van der Waals surface area contributed by atoms with Crippen LogP contribution in [-0.2, 0) is 0 Å². The maximum absolute atomic E-state index is 11.3. The van der Waals surface area contributed by atoms with Crippen LogP contribution in [0.1, 0.15) is 46.8 Å². The van der Waals surface area contributed by atoms with Gasteiger partial charge in [0.2, 0.25) is 0 Å². The number of carbonyl (C=O) groups is 1. The van der Waals surface area contributed by atoms with E-state index in [0.717, 1.165) is 10.6 Å². The van der Waals surface area contributed by atoms with Gasteiger partial charge in [0.05, 0.1) is 10.7 Å². The molecule has 1 heterocycles. The smallest absolute Gasteiger partial charge is 0.260 e. The largest absolute Gasteiger partial charge is 0.397 e. The summed E-state index contributed by atoms with van der Waals surface area (Å²) >= 11 is 1.42. The Morgan fingerprint density at radius 2 is 2.00 bits per heavy atom. The molecule has 2 aliphatic carbocycles. The van der Waals surface area contributed by atoms with Gasteiger partial charge in [-0.05, 0) is 31.6 Å². The molecule has 1 aromatic rings. The molecule has 5 N–H and O–H groups in total. The molecule has 4 nitrogen and oxygen atoms in total. The third kappa shape index (κ3) is 1.65. The Kier molecular flexibility index (Phi) is 2.10. The van der Waals surface area contributed by atoms with Crippen LogP contribution in [0.5, 0.6) is 0 Å². The molecule has 2 fully saturated rings. The van der Waals surface area contributed by atoms with Gasteiger partial charge in [-0.3, -0.25) is 4.79 Å². The van der Waals surface area contributed by atoms with Crippen molar-refractivity contribution in [2.45, 2.75) is 37.6 Å². The number of amides is 1. The molecule has 0 saturated heterocycles. The van der Waals surface area contributed by atoms with Gasteiger partial charge in [-0.25, -0.2) is 0 Å². The topological polar surface area (TPSA) is 81.1 Å². The van der Waals surface area contributed by atoms with Crippen molar-refractivity contribution in [3.05, 3.63) is 10.4 Å². The highest BCUT2D eigenvalue weighted by molar-refractivity contribution is 7.18. The second-order valence-electron chi connectivity index (χ2n) is 4.64. The van der Waals surface area contributed by atoms with Gasteiger partial charge in [-0.15, -0.1) is 11.3 Å². The van der Waals surface area contributed by atoms with Crippen molar-refractivity contribution in [2.24, 2.45) is 5.73 Å². The van der Waals surface area contributed by atoms with Gasteiger partial charge >= 0.3 is 0 Å². The molecule has 1 amide bonds. The van der Waals surface area contributed by atoms with Crippen LogP contribution in [0, 0.1) is 0 Å². The highest BCUT2D eigenvalue weighted by Gasteiger charge is 2.34. The molecule has 0 radical (unpaired) electrons. The molecular formula is C11H15N3OS. The Balaban J connectivity index is 1.99. The number of anilines is 2. The fourth-order valence-electron chi connectivity index (χ4n) is 1.94. The van der Waals surface area contributed by atoms with E-state index in [-0.39, 0.29) is 0 Å². The lowest BCUT2D eigenvalue weighted by atomic mass is 10.1. The second-order valence-corrected chi connectivity index (χ2v) is 5.67. The number of hydrogen-bond acceptors (Lipinski definition) is 4. The standard InChI is InChI=1S/C11H15N3OS/c12-8-7(5-1-2-5)11(14-6-3-4-6)16-9(8)10(13)15/h5-6,14H,1-4,12H2,(H2,13,15). The summed E-state index contributed by atoms with van der Waals surface area (Å²) in [7, 11) is 0.